The van der Waals surface area contributed by atoms with Crippen LogP contribution < -0.4 is 0 Å². The van der Waals surface area contributed by atoms with E-state index in [1.807, 2.05) is 0 Å². The molecule has 1 atom stereocenters. The summed E-state index contributed by atoms with van der Waals surface area (Å²) in [6.07, 6.45) is 90.9. The zero-order chi connectivity index (χ0) is 58.5. The van der Waals surface area contributed by atoms with Crippen molar-refractivity contribution in [3.8, 4) is 0 Å². The van der Waals surface area contributed by atoms with Crippen LogP contribution in [0.3, 0.4) is 0 Å². The van der Waals surface area contributed by atoms with Crippen LogP contribution >= 0.6 is 0 Å². The van der Waals surface area contributed by atoms with Gasteiger partial charge in [0.2, 0.25) is 0 Å². The molecule has 0 N–H and O–H groups in total. The lowest BCUT2D eigenvalue weighted by molar-refractivity contribution is -0.167. The molecule has 0 aromatic rings. The Balaban J connectivity index is 4.12. The molecule has 0 aromatic carbocycles. The van der Waals surface area contributed by atoms with Crippen LogP contribution in [0.15, 0.2) is 72.9 Å². The minimum absolute atomic E-state index is 0.0712. The summed E-state index contributed by atoms with van der Waals surface area (Å²) >= 11 is 0. The molecular formula is C75H134O6. The Morgan fingerprint density at radius 3 is 0.753 bits per heavy atom. The summed E-state index contributed by atoms with van der Waals surface area (Å²) in [7, 11) is 0. The van der Waals surface area contributed by atoms with Gasteiger partial charge in [0, 0.05) is 19.3 Å². The van der Waals surface area contributed by atoms with E-state index in [1.165, 1.54) is 238 Å². The number of esters is 3. The number of allylic oxidation sites excluding steroid dienone is 12. The van der Waals surface area contributed by atoms with Crippen molar-refractivity contribution in [1.29, 1.82) is 0 Å². The topological polar surface area (TPSA) is 78.9 Å². The molecule has 0 bridgehead atoms. The molecule has 0 amide bonds. The zero-order valence-corrected chi connectivity index (χ0v) is 54.1. The van der Waals surface area contributed by atoms with E-state index in [-0.39, 0.29) is 31.1 Å². The average molecular weight is 1130 g/mol. The molecule has 0 fully saturated rings. The Hall–Kier alpha value is -3.15. The van der Waals surface area contributed by atoms with Crippen LogP contribution in [0.4, 0.5) is 0 Å². The van der Waals surface area contributed by atoms with E-state index in [2.05, 4.69) is 93.7 Å². The number of carbonyl (C=O) groups is 3. The van der Waals surface area contributed by atoms with Gasteiger partial charge in [-0.1, -0.05) is 331 Å². The second kappa shape index (κ2) is 69.3. The highest BCUT2D eigenvalue weighted by molar-refractivity contribution is 5.71. The molecule has 470 valence electrons. The third kappa shape index (κ3) is 67.5. The second-order valence-electron chi connectivity index (χ2n) is 23.8. The first kappa shape index (κ1) is 77.9. The molecule has 0 spiro atoms. The third-order valence-electron chi connectivity index (χ3n) is 15.7. The highest BCUT2D eigenvalue weighted by atomic mass is 16.6. The summed E-state index contributed by atoms with van der Waals surface area (Å²) in [5.41, 5.74) is 0. The maximum Gasteiger partial charge on any atom is 0.306 e. The Morgan fingerprint density at radius 2 is 0.481 bits per heavy atom. The van der Waals surface area contributed by atoms with Gasteiger partial charge in [-0.3, -0.25) is 14.4 Å². The van der Waals surface area contributed by atoms with Gasteiger partial charge in [-0.2, -0.15) is 0 Å². The number of hydrogen-bond donors (Lipinski definition) is 0. The highest BCUT2D eigenvalue weighted by Gasteiger charge is 2.19. The number of unbranched alkanes of at least 4 members (excludes halogenated alkanes) is 42. The average Bonchev–Trinajstić information content (AvgIpc) is 3.47. The first-order chi connectivity index (χ1) is 40.0. The minimum atomic E-state index is -0.774. The Bertz CT molecular complexity index is 1490. The molecule has 6 nitrogen and oxygen atoms in total. The standard InChI is InChI=1S/C75H134O6/c1-4-7-10-13-16-19-21-23-25-27-29-31-33-35-36-37-38-40-41-43-45-47-49-51-53-56-59-62-65-68-74(77)80-71-72(70-79-73(76)67-64-61-58-55-18-15-12-9-6-3)81-75(78)69-66-63-60-57-54-52-50-48-46-44-42-39-34-32-30-28-26-24-22-20-17-14-11-8-5-2/h8,11,17,20-21,23-24,26-27,29-30,32,72H,4-7,9-10,12-16,18-19,22,25,28,31,33-71H2,1-3H3/b11-8-,20-17-,23-21-,26-24-,29-27-,32-30-. The molecule has 6 heteroatoms. The summed E-state index contributed by atoms with van der Waals surface area (Å²) in [4.78, 5) is 38.3. The molecule has 81 heavy (non-hydrogen) atoms. The lowest BCUT2D eigenvalue weighted by atomic mass is 10.0. The van der Waals surface area contributed by atoms with Crippen molar-refractivity contribution in [3.63, 3.8) is 0 Å². The van der Waals surface area contributed by atoms with Gasteiger partial charge in [0.15, 0.2) is 6.10 Å². The summed E-state index contributed by atoms with van der Waals surface area (Å²) in [6, 6.07) is 0. The normalized spacial score (nSPS) is 12.5. The molecule has 0 rings (SSSR count). The fraction of sp³-hybridized carbons (Fsp3) is 0.800. The van der Waals surface area contributed by atoms with Gasteiger partial charge in [0.1, 0.15) is 13.2 Å². The van der Waals surface area contributed by atoms with Gasteiger partial charge in [-0.15, -0.1) is 0 Å². The first-order valence-corrected chi connectivity index (χ1v) is 35.4. The molecule has 0 aliphatic heterocycles. The van der Waals surface area contributed by atoms with Crippen LogP contribution in [0.25, 0.3) is 0 Å². The van der Waals surface area contributed by atoms with E-state index in [0.717, 1.165) is 89.9 Å². The van der Waals surface area contributed by atoms with Crippen molar-refractivity contribution in [3.05, 3.63) is 72.9 Å². The highest BCUT2D eigenvalue weighted by Crippen LogP contribution is 2.18. The van der Waals surface area contributed by atoms with Crippen LogP contribution in [0, 0.1) is 0 Å². The zero-order valence-electron chi connectivity index (χ0n) is 54.1. The molecular weight excluding hydrogens is 997 g/mol. The van der Waals surface area contributed by atoms with Crippen molar-refractivity contribution in [2.24, 2.45) is 0 Å². The number of hydrogen-bond acceptors (Lipinski definition) is 6. The maximum atomic E-state index is 12.9. The summed E-state index contributed by atoms with van der Waals surface area (Å²) in [5.74, 6) is -0.855. The van der Waals surface area contributed by atoms with E-state index in [1.54, 1.807) is 0 Å². The van der Waals surface area contributed by atoms with Gasteiger partial charge in [0.05, 0.1) is 0 Å². The fourth-order valence-electron chi connectivity index (χ4n) is 10.4. The Kier molecular flexibility index (Phi) is 66.6. The molecule has 0 radical (unpaired) electrons. The maximum absolute atomic E-state index is 12.9. The van der Waals surface area contributed by atoms with Crippen molar-refractivity contribution in [2.75, 3.05) is 13.2 Å². The summed E-state index contributed by atoms with van der Waals surface area (Å²) < 4.78 is 16.9. The van der Waals surface area contributed by atoms with Crippen molar-refractivity contribution in [2.45, 2.75) is 374 Å². The fourth-order valence-corrected chi connectivity index (χ4v) is 10.4. The van der Waals surface area contributed by atoms with Crippen LogP contribution in [0.2, 0.25) is 0 Å². The van der Waals surface area contributed by atoms with E-state index in [4.69, 9.17) is 14.2 Å². The Labute approximate surface area is 503 Å². The van der Waals surface area contributed by atoms with Crippen molar-refractivity contribution in [1.82, 2.24) is 0 Å². The smallest absolute Gasteiger partial charge is 0.306 e. The van der Waals surface area contributed by atoms with E-state index in [0.29, 0.717) is 19.3 Å². The predicted octanol–water partition coefficient (Wildman–Crippen LogP) is 24.4. The predicted molar refractivity (Wildman–Crippen MR) is 353 cm³/mol. The third-order valence-corrected chi connectivity index (χ3v) is 15.7. The van der Waals surface area contributed by atoms with Crippen LogP contribution in [0.5, 0.6) is 0 Å². The summed E-state index contributed by atoms with van der Waals surface area (Å²) in [5, 5.41) is 0. The number of ether oxygens (including phenoxy) is 3. The molecule has 0 heterocycles. The Morgan fingerprint density at radius 1 is 0.259 bits per heavy atom. The van der Waals surface area contributed by atoms with Crippen molar-refractivity contribution < 1.29 is 28.6 Å². The molecule has 0 saturated heterocycles. The van der Waals surface area contributed by atoms with Gasteiger partial charge >= 0.3 is 17.9 Å². The van der Waals surface area contributed by atoms with E-state index >= 15 is 0 Å². The van der Waals surface area contributed by atoms with E-state index in [9.17, 15) is 14.4 Å². The monoisotopic (exact) mass is 1130 g/mol. The molecule has 0 aromatic heterocycles. The number of carbonyl (C=O) groups excluding carboxylic acids is 3. The SMILES string of the molecule is CC/C=C\C/C=C\C/C=C\C/C=C\CCCCCCCCCCCCCCC(=O)OC(COC(=O)CCCCCCCCCCC)COC(=O)CCCCCCCCCCCCCCCCCCC/C=C\C/C=C\CCCCCCC. The van der Waals surface area contributed by atoms with Gasteiger partial charge < -0.3 is 14.2 Å². The van der Waals surface area contributed by atoms with Gasteiger partial charge in [0.25, 0.3) is 0 Å². The lowest BCUT2D eigenvalue weighted by Gasteiger charge is -2.18. The molecule has 0 saturated carbocycles. The largest absolute Gasteiger partial charge is 0.462 e. The van der Waals surface area contributed by atoms with Crippen LogP contribution in [0.1, 0.15) is 367 Å². The molecule has 0 aliphatic rings. The quantitative estimate of drug-likeness (QED) is 0.0261. The second-order valence-corrected chi connectivity index (χ2v) is 23.8. The first-order valence-electron chi connectivity index (χ1n) is 35.4. The van der Waals surface area contributed by atoms with Gasteiger partial charge in [-0.25, -0.2) is 0 Å². The number of rotatable bonds is 65. The lowest BCUT2D eigenvalue weighted by Crippen LogP contribution is -2.30. The van der Waals surface area contributed by atoms with Crippen LogP contribution in [-0.2, 0) is 28.6 Å². The molecule has 0 aliphatic carbocycles. The minimum Gasteiger partial charge on any atom is -0.462 e. The van der Waals surface area contributed by atoms with E-state index < -0.39 is 6.10 Å². The molecule has 1 unspecified atom stereocenters. The van der Waals surface area contributed by atoms with Crippen LogP contribution in [-0.4, -0.2) is 37.2 Å². The summed E-state index contributed by atoms with van der Waals surface area (Å²) in [6.45, 7) is 6.55. The van der Waals surface area contributed by atoms with Crippen molar-refractivity contribution >= 4 is 17.9 Å². The van der Waals surface area contributed by atoms with Gasteiger partial charge in [-0.05, 0) is 89.9 Å².